The average Bonchev–Trinajstić information content (AvgIpc) is 2.52. The van der Waals surface area contributed by atoms with E-state index < -0.39 is 5.97 Å². The van der Waals surface area contributed by atoms with Crippen molar-refractivity contribution in [1.82, 2.24) is 9.55 Å². The fourth-order valence-electron chi connectivity index (χ4n) is 0.951. The zero-order valence-corrected chi connectivity index (χ0v) is 9.80. The molecule has 0 atom stereocenters. The number of nitrogens with zero attached hydrogens (tertiary/aromatic N) is 2. The number of ether oxygens (including phenoxy) is 2. The first-order valence-corrected chi connectivity index (χ1v) is 4.95. The second-order valence-electron chi connectivity index (χ2n) is 2.56. The van der Waals surface area contributed by atoms with Gasteiger partial charge in [0.2, 0.25) is 5.82 Å². The molecule has 0 saturated heterocycles. The zero-order chi connectivity index (χ0) is 11.4. The molecule has 84 valence electrons. The predicted octanol–water partition coefficient (Wildman–Crippen LogP) is 1.97. The summed E-state index contributed by atoms with van der Waals surface area (Å²) in [4.78, 5) is 15.1. The molecular weight excluding hydrogens is 243 g/mol. The molecule has 0 spiro atoms. The lowest BCUT2D eigenvalue weighted by Crippen LogP contribution is -2.13. The van der Waals surface area contributed by atoms with E-state index in [9.17, 15) is 4.79 Å². The molecule has 1 aromatic rings. The molecule has 0 amide bonds. The van der Waals surface area contributed by atoms with Gasteiger partial charge in [0, 0.05) is 6.61 Å². The number of rotatable bonds is 4. The van der Waals surface area contributed by atoms with Crippen molar-refractivity contribution in [1.29, 1.82) is 0 Å². The Labute approximate surface area is 96.9 Å². The number of aromatic nitrogens is 2. The topological polar surface area (TPSA) is 53.4 Å². The van der Waals surface area contributed by atoms with Crippen LogP contribution in [0.25, 0.3) is 0 Å². The minimum absolute atomic E-state index is 0.0287. The first-order chi connectivity index (χ1) is 7.11. The fourth-order valence-corrected chi connectivity index (χ4v) is 1.30. The number of methoxy groups -OCH3 is 1. The number of carbonyl (C=O) groups excluding carboxylic acids is 1. The third-order valence-corrected chi connectivity index (χ3v) is 2.40. The highest BCUT2D eigenvalue weighted by Crippen LogP contribution is 2.23. The molecule has 0 bridgehead atoms. The van der Waals surface area contributed by atoms with Gasteiger partial charge in [-0.25, -0.2) is 9.78 Å². The van der Waals surface area contributed by atoms with Crippen molar-refractivity contribution in [2.45, 2.75) is 13.7 Å². The van der Waals surface area contributed by atoms with Crippen LogP contribution in [0, 0.1) is 0 Å². The minimum Gasteiger partial charge on any atom is -0.463 e. The third-order valence-electron chi connectivity index (χ3n) is 1.66. The molecule has 0 aliphatic rings. The Kier molecular flexibility index (Phi) is 4.38. The molecule has 1 aromatic heterocycles. The van der Waals surface area contributed by atoms with Gasteiger partial charge in [-0.1, -0.05) is 23.2 Å². The molecule has 0 fully saturated rings. The van der Waals surface area contributed by atoms with E-state index in [0.717, 1.165) is 0 Å². The van der Waals surface area contributed by atoms with Crippen molar-refractivity contribution >= 4 is 29.2 Å². The van der Waals surface area contributed by atoms with Crippen LogP contribution in [-0.4, -0.2) is 29.2 Å². The molecular formula is C8H10Cl2N2O3. The van der Waals surface area contributed by atoms with Crippen LogP contribution in [0.2, 0.25) is 10.3 Å². The van der Waals surface area contributed by atoms with Gasteiger partial charge < -0.3 is 9.47 Å². The van der Waals surface area contributed by atoms with Gasteiger partial charge >= 0.3 is 5.97 Å². The maximum absolute atomic E-state index is 11.3. The number of hydrogen-bond acceptors (Lipinski definition) is 4. The summed E-state index contributed by atoms with van der Waals surface area (Å²) in [5.41, 5.74) is 0. The van der Waals surface area contributed by atoms with E-state index in [-0.39, 0.29) is 22.9 Å². The lowest BCUT2D eigenvalue weighted by Gasteiger charge is -2.06. The third kappa shape index (κ3) is 2.62. The Morgan fingerprint density at radius 2 is 2.20 bits per heavy atom. The molecule has 0 unspecified atom stereocenters. The van der Waals surface area contributed by atoms with Crippen LogP contribution in [0.4, 0.5) is 0 Å². The SMILES string of the molecule is CCOCn1c(C(=O)OC)nc(Cl)c1Cl. The Morgan fingerprint density at radius 1 is 1.53 bits per heavy atom. The van der Waals surface area contributed by atoms with Gasteiger partial charge in [0.25, 0.3) is 0 Å². The molecule has 0 aromatic carbocycles. The summed E-state index contributed by atoms with van der Waals surface area (Å²) in [6.07, 6.45) is 0. The van der Waals surface area contributed by atoms with Crippen LogP contribution < -0.4 is 0 Å². The molecule has 1 rings (SSSR count). The van der Waals surface area contributed by atoms with Crippen molar-refractivity contribution in [3.63, 3.8) is 0 Å². The first kappa shape index (κ1) is 12.3. The van der Waals surface area contributed by atoms with Crippen molar-refractivity contribution in [3.8, 4) is 0 Å². The first-order valence-electron chi connectivity index (χ1n) is 4.19. The maximum Gasteiger partial charge on any atom is 0.374 e. The summed E-state index contributed by atoms with van der Waals surface area (Å²) in [6.45, 7) is 2.43. The molecule has 0 aliphatic heterocycles. The minimum atomic E-state index is -0.608. The Balaban J connectivity index is 3.03. The highest BCUT2D eigenvalue weighted by molar-refractivity contribution is 6.40. The Hall–Kier alpha value is -0.780. The zero-order valence-electron chi connectivity index (χ0n) is 8.29. The summed E-state index contributed by atoms with van der Waals surface area (Å²) in [5, 5.41) is 0.210. The lowest BCUT2D eigenvalue weighted by molar-refractivity contribution is 0.0532. The van der Waals surface area contributed by atoms with E-state index >= 15 is 0 Å². The molecule has 0 N–H and O–H groups in total. The summed E-state index contributed by atoms with van der Waals surface area (Å²) >= 11 is 11.5. The fraction of sp³-hybridized carbons (Fsp3) is 0.500. The molecule has 0 radical (unpaired) electrons. The monoisotopic (exact) mass is 252 g/mol. The second-order valence-corrected chi connectivity index (χ2v) is 3.27. The van der Waals surface area contributed by atoms with Crippen molar-refractivity contribution in [2.75, 3.05) is 13.7 Å². The number of esters is 1. The number of imidazole rings is 1. The summed E-state index contributed by atoms with van der Waals surface area (Å²) in [7, 11) is 1.25. The average molecular weight is 253 g/mol. The largest absolute Gasteiger partial charge is 0.463 e. The van der Waals surface area contributed by atoms with E-state index in [1.807, 2.05) is 6.92 Å². The van der Waals surface area contributed by atoms with E-state index in [1.165, 1.54) is 11.7 Å². The predicted molar refractivity (Wildman–Crippen MR) is 55.2 cm³/mol. The summed E-state index contributed by atoms with van der Waals surface area (Å²) in [5.74, 6) is -0.579. The van der Waals surface area contributed by atoms with Crippen LogP contribution in [-0.2, 0) is 16.2 Å². The standard InChI is InChI=1S/C8H10Cl2N2O3/c1-3-15-4-12-6(10)5(9)11-7(12)8(13)14-2/h3-4H2,1-2H3. The van der Waals surface area contributed by atoms with E-state index in [4.69, 9.17) is 27.9 Å². The van der Waals surface area contributed by atoms with Gasteiger partial charge in [0.1, 0.15) is 11.9 Å². The molecule has 0 saturated carbocycles. The molecule has 1 heterocycles. The van der Waals surface area contributed by atoms with Gasteiger partial charge in [0.05, 0.1) is 7.11 Å². The smallest absolute Gasteiger partial charge is 0.374 e. The van der Waals surface area contributed by atoms with Gasteiger partial charge in [-0.3, -0.25) is 4.57 Å². The Morgan fingerprint density at radius 3 is 2.73 bits per heavy atom. The van der Waals surface area contributed by atoms with E-state index in [1.54, 1.807) is 0 Å². The number of hydrogen-bond donors (Lipinski definition) is 0. The number of halogens is 2. The summed E-state index contributed by atoms with van der Waals surface area (Å²) < 4.78 is 11.0. The van der Waals surface area contributed by atoms with E-state index in [2.05, 4.69) is 9.72 Å². The van der Waals surface area contributed by atoms with E-state index in [0.29, 0.717) is 6.61 Å². The normalized spacial score (nSPS) is 10.4. The van der Waals surface area contributed by atoms with Crippen molar-refractivity contribution in [2.24, 2.45) is 0 Å². The highest BCUT2D eigenvalue weighted by atomic mass is 35.5. The van der Waals surface area contributed by atoms with Crippen LogP contribution in [0.1, 0.15) is 17.5 Å². The molecule has 0 aliphatic carbocycles. The van der Waals surface area contributed by atoms with Crippen LogP contribution >= 0.6 is 23.2 Å². The van der Waals surface area contributed by atoms with Crippen molar-refractivity contribution < 1.29 is 14.3 Å². The van der Waals surface area contributed by atoms with Crippen LogP contribution in [0.3, 0.4) is 0 Å². The van der Waals surface area contributed by atoms with Gasteiger partial charge in [0.15, 0.2) is 5.15 Å². The van der Waals surface area contributed by atoms with Gasteiger partial charge in [-0.15, -0.1) is 0 Å². The summed E-state index contributed by atoms with van der Waals surface area (Å²) in [6, 6.07) is 0. The van der Waals surface area contributed by atoms with Gasteiger partial charge in [-0.2, -0.15) is 0 Å². The van der Waals surface area contributed by atoms with Crippen LogP contribution in [0.5, 0.6) is 0 Å². The van der Waals surface area contributed by atoms with Gasteiger partial charge in [-0.05, 0) is 6.92 Å². The molecule has 5 nitrogen and oxygen atoms in total. The highest BCUT2D eigenvalue weighted by Gasteiger charge is 2.20. The quantitative estimate of drug-likeness (QED) is 0.770. The second kappa shape index (κ2) is 5.34. The maximum atomic E-state index is 11.3. The van der Waals surface area contributed by atoms with Crippen molar-refractivity contribution in [3.05, 3.63) is 16.1 Å². The number of carbonyl (C=O) groups is 1. The van der Waals surface area contributed by atoms with Crippen LogP contribution in [0.15, 0.2) is 0 Å². The molecule has 15 heavy (non-hydrogen) atoms. The molecule has 7 heteroatoms. The lowest BCUT2D eigenvalue weighted by atomic mass is 10.6. The Bertz CT molecular complexity index is 365.